The fourth-order valence-corrected chi connectivity index (χ4v) is 3.99. The standard InChI is InChI=1S/C20H24ClFN2O3S/c1-14(2)15(3)23-20(25)13-24(12-16-6-4-5-7-19(16)21)28(26,27)18-10-8-17(22)9-11-18/h4-11,14-15H,12-13H2,1-3H3,(H,23,25). The molecule has 2 rings (SSSR count). The van der Waals surface area contributed by atoms with E-state index >= 15 is 0 Å². The highest BCUT2D eigenvalue weighted by Crippen LogP contribution is 2.22. The van der Waals surface area contributed by atoms with Crippen LogP contribution >= 0.6 is 11.6 Å². The maximum Gasteiger partial charge on any atom is 0.243 e. The normalized spacial score (nSPS) is 13.0. The van der Waals surface area contributed by atoms with Gasteiger partial charge in [0.25, 0.3) is 0 Å². The Hall–Kier alpha value is -1.96. The summed E-state index contributed by atoms with van der Waals surface area (Å²) in [5.41, 5.74) is 0.569. The molecule has 2 aromatic carbocycles. The number of nitrogens with one attached hydrogen (secondary N) is 1. The first-order valence-corrected chi connectivity index (χ1v) is 10.7. The van der Waals surface area contributed by atoms with E-state index in [1.807, 2.05) is 20.8 Å². The van der Waals surface area contributed by atoms with Crippen LogP contribution in [0.3, 0.4) is 0 Å². The van der Waals surface area contributed by atoms with E-state index in [0.29, 0.717) is 10.6 Å². The molecule has 28 heavy (non-hydrogen) atoms. The molecule has 0 aliphatic heterocycles. The van der Waals surface area contributed by atoms with Gasteiger partial charge in [-0.05, 0) is 48.7 Å². The molecule has 0 aromatic heterocycles. The third-order valence-electron chi connectivity index (χ3n) is 4.46. The summed E-state index contributed by atoms with van der Waals surface area (Å²) in [5, 5.41) is 3.21. The molecule has 1 atom stereocenters. The van der Waals surface area contributed by atoms with Crippen molar-refractivity contribution in [3.8, 4) is 0 Å². The number of hydrogen-bond donors (Lipinski definition) is 1. The maximum absolute atomic E-state index is 13.2. The van der Waals surface area contributed by atoms with E-state index < -0.39 is 21.7 Å². The van der Waals surface area contributed by atoms with E-state index in [0.717, 1.165) is 16.4 Å². The van der Waals surface area contributed by atoms with Crippen LogP contribution in [0.5, 0.6) is 0 Å². The number of sulfonamides is 1. The van der Waals surface area contributed by atoms with Crippen LogP contribution in [-0.4, -0.2) is 31.2 Å². The van der Waals surface area contributed by atoms with E-state index in [9.17, 15) is 17.6 Å². The zero-order valence-electron chi connectivity index (χ0n) is 16.0. The van der Waals surface area contributed by atoms with E-state index in [1.54, 1.807) is 24.3 Å². The Morgan fingerprint density at radius 3 is 2.29 bits per heavy atom. The summed E-state index contributed by atoms with van der Waals surface area (Å²) in [5.74, 6) is -0.756. The molecular formula is C20H24ClFN2O3S. The molecule has 0 heterocycles. The molecule has 1 N–H and O–H groups in total. The van der Waals surface area contributed by atoms with Gasteiger partial charge in [0.15, 0.2) is 0 Å². The Labute approximate surface area is 170 Å². The molecule has 0 spiro atoms. The first-order chi connectivity index (χ1) is 13.1. The van der Waals surface area contributed by atoms with Gasteiger partial charge in [0, 0.05) is 17.6 Å². The molecule has 0 bridgehead atoms. The molecule has 0 saturated carbocycles. The van der Waals surface area contributed by atoms with Gasteiger partial charge in [0.2, 0.25) is 15.9 Å². The van der Waals surface area contributed by atoms with Crippen LogP contribution in [0, 0.1) is 11.7 Å². The van der Waals surface area contributed by atoms with Gasteiger partial charge in [-0.15, -0.1) is 0 Å². The van der Waals surface area contributed by atoms with Gasteiger partial charge < -0.3 is 5.32 Å². The predicted octanol–water partition coefficient (Wildman–Crippen LogP) is 3.83. The Morgan fingerprint density at radius 1 is 1.11 bits per heavy atom. The molecule has 0 aliphatic carbocycles. The molecule has 152 valence electrons. The monoisotopic (exact) mass is 426 g/mol. The molecule has 2 aromatic rings. The van der Waals surface area contributed by atoms with E-state index in [-0.39, 0.29) is 29.9 Å². The number of amides is 1. The van der Waals surface area contributed by atoms with Crippen LogP contribution in [0.1, 0.15) is 26.3 Å². The van der Waals surface area contributed by atoms with Crippen molar-refractivity contribution in [1.82, 2.24) is 9.62 Å². The molecular weight excluding hydrogens is 403 g/mol. The average molecular weight is 427 g/mol. The zero-order valence-corrected chi connectivity index (χ0v) is 17.6. The summed E-state index contributed by atoms with van der Waals surface area (Å²) in [7, 11) is -4.04. The van der Waals surface area contributed by atoms with Gasteiger partial charge in [-0.1, -0.05) is 43.6 Å². The number of carbonyl (C=O) groups excluding carboxylic acids is 1. The summed E-state index contributed by atoms with van der Waals surface area (Å²) in [6.45, 7) is 5.32. The van der Waals surface area contributed by atoms with Crippen LogP contribution in [0.4, 0.5) is 4.39 Å². The zero-order chi connectivity index (χ0) is 20.9. The van der Waals surface area contributed by atoms with Gasteiger partial charge in [-0.25, -0.2) is 12.8 Å². The van der Waals surface area contributed by atoms with E-state index in [1.165, 1.54) is 12.1 Å². The smallest absolute Gasteiger partial charge is 0.243 e. The minimum Gasteiger partial charge on any atom is -0.352 e. The summed E-state index contributed by atoms with van der Waals surface area (Å²) in [4.78, 5) is 12.4. The second-order valence-corrected chi connectivity index (χ2v) is 9.26. The molecule has 0 saturated heterocycles. The second-order valence-electron chi connectivity index (χ2n) is 6.92. The number of nitrogens with zero attached hydrogens (tertiary/aromatic N) is 1. The van der Waals surface area contributed by atoms with Gasteiger partial charge >= 0.3 is 0 Å². The number of benzene rings is 2. The van der Waals surface area contributed by atoms with Crippen molar-refractivity contribution in [3.63, 3.8) is 0 Å². The highest BCUT2D eigenvalue weighted by atomic mass is 35.5. The Kier molecular flexibility index (Phi) is 7.57. The number of rotatable bonds is 8. The summed E-state index contributed by atoms with van der Waals surface area (Å²) in [6.07, 6.45) is 0. The molecule has 1 unspecified atom stereocenters. The average Bonchev–Trinajstić information content (AvgIpc) is 2.63. The Bertz CT molecular complexity index is 917. The van der Waals surface area contributed by atoms with Crippen molar-refractivity contribution >= 4 is 27.5 Å². The van der Waals surface area contributed by atoms with Crippen LogP contribution < -0.4 is 5.32 Å². The fraction of sp³-hybridized carbons (Fsp3) is 0.350. The fourth-order valence-electron chi connectivity index (χ4n) is 2.42. The topological polar surface area (TPSA) is 66.5 Å². The minimum absolute atomic E-state index is 0.0805. The number of halogens is 2. The van der Waals surface area contributed by atoms with E-state index in [4.69, 9.17) is 11.6 Å². The van der Waals surface area contributed by atoms with Gasteiger partial charge in [-0.3, -0.25) is 4.79 Å². The summed E-state index contributed by atoms with van der Waals surface area (Å²) < 4.78 is 40.5. The lowest BCUT2D eigenvalue weighted by molar-refractivity contribution is -0.122. The van der Waals surface area contributed by atoms with Gasteiger partial charge in [0.1, 0.15) is 5.82 Å². The minimum atomic E-state index is -4.04. The molecule has 5 nitrogen and oxygen atoms in total. The number of hydrogen-bond acceptors (Lipinski definition) is 3. The van der Waals surface area contributed by atoms with Gasteiger partial charge in [0.05, 0.1) is 11.4 Å². The Balaban J connectivity index is 2.33. The van der Waals surface area contributed by atoms with Crippen LogP contribution in [0.2, 0.25) is 5.02 Å². The Morgan fingerprint density at radius 2 is 1.71 bits per heavy atom. The molecule has 1 amide bonds. The van der Waals surface area contributed by atoms with Crippen LogP contribution in [-0.2, 0) is 21.4 Å². The van der Waals surface area contributed by atoms with Gasteiger partial charge in [-0.2, -0.15) is 4.31 Å². The highest BCUT2D eigenvalue weighted by molar-refractivity contribution is 7.89. The first kappa shape index (κ1) is 22.3. The molecule has 8 heteroatoms. The van der Waals surface area contributed by atoms with Crippen molar-refractivity contribution in [2.75, 3.05) is 6.54 Å². The predicted molar refractivity (Wildman–Crippen MR) is 108 cm³/mol. The quantitative estimate of drug-likeness (QED) is 0.697. The maximum atomic E-state index is 13.2. The van der Waals surface area contributed by atoms with E-state index in [2.05, 4.69) is 5.32 Å². The lowest BCUT2D eigenvalue weighted by Gasteiger charge is -2.24. The van der Waals surface area contributed by atoms with Crippen LogP contribution in [0.25, 0.3) is 0 Å². The van der Waals surface area contributed by atoms with Crippen molar-refractivity contribution in [3.05, 3.63) is 64.9 Å². The highest BCUT2D eigenvalue weighted by Gasteiger charge is 2.28. The first-order valence-electron chi connectivity index (χ1n) is 8.89. The summed E-state index contributed by atoms with van der Waals surface area (Å²) in [6, 6.07) is 11.2. The van der Waals surface area contributed by atoms with Crippen LogP contribution in [0.15, 0.2) is 53.4 Å². The van der Waals surface area contributed by atoms with Crippen molar-refractivity contribution in [1.29, 1.82) is 0 Å². The number of carbonyl (C=O) groups is 1. The SMILES string of the molecule is CC(C)C(C)NC(=O)CN(Cc1ccccc1Cl)S(=O)(=O)c1ccc(F)cc1. The summed E-state index contributed by atoms with van der Waals surface area (Å²) >= 11 is 6.18. The second kappa shape index (κ2) is 9.49. The molecule has 0 fully saturated rings. The lowest BCUT2D eigenvalue weighted by atomic mass is 10.1. The molecule has 0 aliphatic rings. The van der Waals surface area contributed by atoms with Crippen molar-refractivity contribution < 1.29 is 17.6 Å². The largest absolute Gasteiger partial charge is 0.352 e. The third-order valence-corrected chi connectivity index (χ3v) is 6.64. The lowest BCUT2D eigenvalue weighted by Crippen LogP contribution is -2.44. The van der Waals surface area contributed by atoms with Crippen molar-refractivity contribution in [2.24, 2.45) is 5.92 Å². The molecule has 0 radical (unpaired) electrons. The van der Waals surface area contributed by atoms with Crippen molar-refractivity contribution in [2.45, 2.75) is 38.3 Å². The third kappa shape index (κ3) is 5.77.